The van der Waals surface area contributed by atoms with Gasteiger partial charge >= 0.3 is 0 Å². The summed E-state index contributed by atoms with van der Waals surface area (Å²) in [6.07, 6.45) is 19.0. The van der Waals surface area contributed by atoms with E-state index in [1.54, 1.807) is 0 Å². The third-order valence-electron chi connectivity index (χ3n) is 4.13. The van der Waals surface area contributed by atoms with E-state index in [2.05, 4.69) is 24.5 Å². The normalized spacial score (nSPS) is 10.6. The van der Waals surface area contributed by atoms with E-state index < -0.39 is 0 Å². The van der Waals surface area contributed by atoms with Crippen molar-refractivity contribution in [2.75, 3.05) is 13.1 Å². The minimum absolute atomic E-state index is 0.843. The first-order chi connectivity index (χ1) is 10.8. The largest absolute Gasteiger partial charge is 0.363 e. The van der Waals surface area contributed by atoms with Crippen molar-refractivity contribution < 1.29 is 0 Å². The van der Waals surface area contributed by atoms with Crippen molar-refractivity contribution in [2.45, 2.75) is 104 Å². The highest BCUT2D eigenvalue weighted by Crippen LogP contribution is 2.09. The van der Waals surface area contributed by atoms with Crippen molar-refractivity contribution in [1.82, 2.24) is 10.6 Å². The Morgan fingerprint density at radius 3 is 1.23 bits per heavy atom. The quantitative estimate of drug-likeness (QED) is 0.270. The van der Waals surface area contributed by atoms with Crippen LogP contribution >= 0.6 is 12.2 Å². The molecule has 0 aliphatic carbocycles. The number of unbranched alkanes of at least 4 members (excludes halogenated alkanes) is 12. The van der Waals surface area contributed by atoms with Gasteiger partial charge in [0.05, 0.1) is 0 Å². The summed E-state index contributed by atoms with van der Waals surface area (Å²) in [7, 11) is 0. The van der Waals surface area contributed by atoms with Crippen molar-refractivity contribution in [3.8, 4) is 0 Å². The molecule has 132 valence electrons. The summed E-state index contributed by atoms with van der Waals surface area (Å²) in [5.41, 5.74) is 0. The van der Waals surface area contributed by atoms with Gasteiger partial charge in [-0.15, -0.1) is 0 Å². The van der Waals surface area contributed by atoms with Gasteiger partial charge in [0.15, 0.2) is 5.11 Å². The van der Waals surface area contributed by atoms with Crippen molar-refractivity contribution in [2.24, 2.45) is 0 Å². The average Bonchev–Trinajstić information content (AvgIpc) is 2.52. The summed E-state index contributed by atoms with van der Waals surface area (Å²) < 4.78 is 0. The molecular formula is C19H40N2S. The molecule has 2 N–H and O–H groups in total. The van der Waals surface area contributed by atoms with Crippen molar-refractivity contribution in [3.05, 3.63) is 0 Å². The molecule has 0 aromatic carbocycles. The fourth-order valence-corrected chi connectivity index (χ4v) is 2.83. The Balaban J connectivity index is 3.12. The van der Waals surface area contributed by atoms with Gasteiger partial charge in [-0.3, -0.25) is 0 Å². The van der Waals surface area contributed by atoms with Gasteiger partial charge in [-0.2, -0.15) is 0 Å². The molecule has 0 bridgehead atoms. The first kappa shape index (κ1) is 21.7. The maximum Gasteiger partial charge on any atom is 0.166 e. The predicted octanol–water partition coefficient (Wildman–Crippen LogP) is 5.95. The number of hydrogen-bond acceptors (Lipinski definition) is 1. The van der Waals surface area contributed by atoms with Crippen LogP contribution in [0.1, 0.15) is 104 Å². The Morgan fingerprint density at radius 2 is 0.864 bits per heavy atom. The molecule has 0 aliphatic rings. The standard InChI is InChI=1S/C19H40N2S/c1-3-5-7-9-10-11-12-14-16-18-21-19(22)20-17-15-13-8-6-4-2/h3-18H2,1-2H3,(H2,20,21,22). The predicted molar refractivity (Wildman–Crippen MR) is 105 cm³/mol. The number of thiocarbonyl (C=S) groups is 1. The summed E-state index contributed by atoms with van der Waals surface area (Å²) in [6.45, 7) is 6.58. The molecule has 0 spiro atoms. The molecule has 0 saturated heterocycles. The lowest BCUT2D eigenvalue weighted by Crippen LogP contribution is -2.36. The fraction of sp³-hybridized carbons (Fsp3) is 0.947. The lowest BCUT2D eigenvalue weighted by Gasteiger charge is -2.10. The third-order valence-corrected chi connectivity index (χ3v) is 4.42. The van der Waals surface area contributed by atoms with E-state index in [9.17, 15) is 0 Å². The summed E-state index contributed by atoms with van der Waals surface area (Å²) in [6, 6.07) is 0. The topological polar surface area (TPSA) is 24.1 Å². The monoisotopic (exact) mass is 328 g/mol. The van der Waals surface area contributed by atoms with E-state index in [4.69, 9.17) is 12.2 Å². The number of hydrogen-bond donors (Lipinski definition) is 2. The smallest absolute Gasteiger partial charge is 0.166 e. The van der Waals surface area contributed by atoms with Gasteiger partial charge in [-0.25, -0.2) is 0 Å². The van der Waals surface area contributed by atoms with E-state index in [0.29, 0.717) is 0 Å². The zero-order valence-electron chi connectivity index (χ0n) is 15.2. The van der Waals surface area contributed by atoms with Crippen molar-refractivity contribution >= 4 is 17.3 Å². The van der Waals surface area contributed by atoms with Gasteiger partial charge < -0.3 is 10.6 Å². The molecule has 0 radical (unpaired) electrons. The molecule has 0 heterocycles. The molecule has 3 heteroatoms. The fourth-order valence-electron chi connectivity index (χ4n) is 2.63. The minimum atomic E-state index is 0.843. The molecule has 0 saturated carbocycles. The highest BCUT2D eigenvalue weighted by atomic mass is 32.1. The molecule has 0 amide bonds. The lowest BCUT2D eigenvalue weighted by atomic mass is 10.1. The summed E-state index contributed by atoms with van der Waals surface area (Å²) in [5.74, 6) is 0. The number of nitrogens with one attached hydrogen (secondary N) is 2. The Morgan fingerprint density at radius 1 is 0.545 bits per heavy atom. The van der Waals surface area contributed by atoms with E-state index in [0.717, 1.165) is 18.2 Å². The second-order valence-electron chi connectivity index (χ2n) is 6.43. The summed E-state index contributed by atoms with van der Waals surface area (Å²) in [5, 5.41) is 7.48. The molecule has 2 nitrogen and oxygen atoms in total. The number of rotatable bonds is 16. The second kappa shape index (κ2) is 18.7. The summed E-state index contributed by atoms with van der Waals surface area (Å²) in [4.78, 5) is 0. The van der Waals surface area contributed by atoms with Gasteiger partial charge in [0.1, 0.15) is 0 Å². The molecule has 0 aliphatic heterocycles. The lowest BCUT2D eigenvalue weighted by molar-refractivity contribution is 0.562. The average molecular weight is 329 g/mol. The SMILES string of the molecule is CCCCCCCCCCCNC(=S)NCCCCCCC. The van der Waals surface area contributed by atoms with Crippen LogP contribution in [-0.4, -0.2) is 18.2 Å². The van der Waals surface area contributed by atoms with Gasteiger partial charge in [0.2, 0.25) is 0 Å². The molecular weight excluding hydrogens is 288 g/mol. The Labute approximate surface area is 145 Å². The zero-order chi connectivity index (χ0) is 16.3. The van der Waals surface area contributed by atoms with Crippen LogP contribution in [0.2, 0.25) is 0 Å². The molecule has 0 atom stereocenters. The third kappa shape index (κ3) is 17.7. The van der Waals surface area contributed by atoms with Gasteiger partial charge in [-0.05, 0) is 25.1 Å². The van der Waals surface area contributed by atoms with E-state index in [1.807, 2.05) is 0 Å². The molecule has 0 fully saturated rings. The molecule has 0 aromatic heterocycles. The zero-order valence-corrected chi connectivity index (χ0v) is 16.0. The first-order valence-corrected chi connectivity index (χ1v) is 10.2. The first-order valence-electron chi connectivity index (χ1n) is 9.83. The van der Waals surface area contributed by atoms with Crippen LogP contribution in [-0.2, 0) is 0 Å². The summed E-state index contributed by atoms with van der Waals surface area (Å²) >= 11 is 5.29. The molecule has 0 aromatic rings. The maximum atomic E-state index is 5.29. The van der Waals surface area contributed by atoms with Crippen LogP contribution < -0.4 is 10.6 Å². The van der Waals surface area contributed by atoms with E-state index in [-0.39, 0.29) is 0 Å². The van der Waals surface area contributed by atoms with Crippen LogP contribution in [0.3, 0.4) is 0 Å². The second-order valence-corrected chi connectivity index (χ2v) is 6.83. The van der Waals surface area contributed by atoms with Crippen LogP contribution in [0.5, 0.6) is 0 Å². The van der Waals surface area contributed by atoms with Crippen LogP contribution in [0.15, 0.2) is 0 Å². The minimum Gasteiger partial charge on any atom is -0.363 e. The maximum absolute atomic E-state index is 5.29. The highest BCUT2D eigenvalue weighted by Gasteiger charge is 1.96. The van der Waals surface area contributed by atoms with Crippen LogP contribution in [0.25, 0.3) is 0 Å². The van der Waals surface area contributed by atoms with E-state index in [1.165, 1.54) is 89.9 Å². The molecule has 0 rings (SSSR count). The Kier molecular flexibility index (Phi) is 18.5. The van der Waals surface area contributed by atoms with Crippen molar-refractivity contribution in [3.63, 3.8) is 0 Å². The van der Waals surface area contributed by atoms with Crippen molar-refractivity contribution in [1.29, 1.82) is 0 Å². The van der Waals surface area contributed by atoms with Gasteiger partial charge in [-0.1, -0.05) is 90.9 Å². The Hall–Kier alpha value is -0.310. The van der Waals surface area contributed by atoms with Gasteiger partial charge in [0.25, 0.3) is 0 Å². The van der Waals surface area contributed by atoms with E-state index >= 15 is 0 Å². The van der Waals surface area contributed by atoms with Crippen LogP contribution in [0.4, 0.5) is 0 Å². The van der Waals surface area contributed by atoms with Gasteiger partial charge in [0, 0.05) is 13.1 Å². The van der Waals surface area contributed by atoms with Crippen LogP contribution in [0, 0.1) is 0 Å². The molecule has 22 heavy (non-hydrogen) atoms. The molecule has 0 unspecified atom stereocenters. The Bertz CT molecular complexity index is 231. The highest BCUT2D eigenvalue weighted by molar-refractivity contribution is 7.80.